The van der Waals surface area contributed by atoms with E-state index >= 15 is 0 Å². The van der Waals surface area contributed by atoms with Gasteiger partial charge in [0.1, 0.15) is 6.54 Å². The molecule has 1 heterocycles. The Bertz CT molecular complexity index is 688. The first kappa shape index (κ1) is 17.8. The van der Waals surface area contributed by atoms with Gasteiger partial charge in [-0.05, 0) is 24.6 Å². The monoisotopic (exact) mass is 344 g/mol. The molecule has 1 saturated heterocycles. The van der Waals surface area contributed by atoms with Crippen molar-refractivity contribution in [2.75, 3.05) is 25.0 Å². The average molecular weight is 344 g/mol. The van der Waals surface area contributed by atoms with Crippen molar-refractivity contribution >= 4 is 23.5 Å². The Morgan fingerprint density at radius 3 is 2.46 bits per heavy atom. The number of benzene rings is 1. The Balaban J connectivity index is 2.45. The molecule has 0 aliphatic carbocycles. The van der Waals surface area contributed by atoms with E-state index in [2.05, 4.69) is 0 Å². The molecule has 9 heteroatoms. The van der Waals surface area contributed by atoms with Crippen LogP contribution in [0.1, 0.15) is 28.8 Å². The number of alkyl halides is 3. The molecule has 0 bridgehead atoms. The van der Waals surface area contributed by atoms with E-state index in [1.807, 2.05) is 0 Å². The van der Waals surface area contributed by atoms with E-state index in [4.69, 9.17) is 5.11 Å². The number of halogens is 3. The molecular weight excluding hydrogens is 329 g/mol. The summed E-state index contributed by atoms with van der Waals surface area (Å²) in [6.07, 6.45) is -3.94. The molecule has 0 saturated carbocycles. The molecule has 2 amide bonds. The van der Waals surface area contributed by atoms with E-state index in [1.54, 1.807) is 0 Å². The standard InChI is InChI=1S/C15H15F3N2O4/c1-19(8-13(22)23)14(24)9-5-10(15(16,17)18)7-11(6-9)20-4-2-3-12(20)21/h5-7H,2-4,8H2,1H3,(H,22,23). The Kier molecular flexibility index (Phi) is 4.81. The first-order valence-electron chi connectivity index (χ1n) is 7.09. The average Bonchev–Trinajstić information content (AvgIpc) is 2.90. The van der Waals surface area contributed by atoms with Crippen LogP contribution in [0.15, 0.2) is 18.2 Å². The number of likely N-dealkylation sites (N-methyl/N-ethyl adjacent to an activating group) is 1. The topological polar surface area (TPSA) is 77.9 Å². The van der Waals surface area contributed by atoms with Crippen molar-refractivity contribution in [3.63, 3.8) is 0 Å². The molecule has 0 aromatic heterocycles. The summed E-state index contributed by atoms with van der Waals surface area (Å²) in [6.45, 7) is -0.369. The number of rotatable bonds is 4. The zero-order chi connectivity index (χ0) is 18.1. The van der Waals surface area contributed by atoms with Crippen molar-refractivity contribution < 1.29 is 32.7 Å². The van der Waals surface area contributed by atoms with Crippen molar-refractivity contribution in [2.24, 2.45) is 0 Å². The summed E-state index contributed by atoms with van der Waals surface area (Å²) in [5, 5.41) is 8.70. The first-order valence-corrected chi connectivity index (χ1v) is 7.09. The maximum Gasteiger partial charge on any atom is 0.416 e. The van der Waals surface area contributed by atoms with Crippen LogP contribution in [0, 0.1) is 0 Å². The molecule has 1 aromatic carbocycles. The van der Waals surface area contributed by atoms with E-state index in [0.29, 0.717) is 12.5 Å². The maximum absolute atomic E-state index is 13.1. The minimum absolute atomic E-state index is 0.0144. The Labute approximate surface area is 135 Å². The van der Waals surface area contributed by atoms with Gasteiger partial charge in [0, 0.05) is 31.3 Å². The fraction of sp³-hybridized carbons (Fsp3) is 0.400. The normalized spacial score (nSPS) is 14.8. The molecule has 2 rings (SSSR count). The minimum atomic E-state index is -4.70. The summed E-state index contributed by atoms with van der Waals surface area (Å²) >= 11 is 0. The van der Waals surface area contributed by atoms with Crippen molar-refractivity contribution in [1.29, 1.82) is 0 Å². The van der Waals surface area contributed by atoms with Crippen LogP contribution in [0.3, 0.4) is 0 Å². The molecule has 1 N–H and O–H groups in total. The second-order valence-corrected chi connectivity index (χ2v) is 5.47. The Morgan fingerprint density at radius 2 is 1.96 bits per heavy atom. The summed E-state index contributed by atoms with van der Waals surface area (Å²) in [6, 6.07) is 2.65. The van der Waals surface area contributed by atoms with Gasteiger partial charge in [-0.25, -0.2) is 0 Å². The molecule has 0 unspecified atom stereocenters. The second-order valence-electron chi connectivity index (χ2n) is 5.47. The highest BCUT2D eigenvalue weighted by Crippen LogP contribution is 2.34. The highest BCUT2D eigenvalue weighted by molar-refractivity contribution is 6.00. The minimum Gasteiger partial charge on any atom is -0.480 e. The number of hydrogen-bond acceptors (Lipinski definition) is 3. The smallest absolute Gasteiger partial charge is 0.416 e. The fourth-order valence-electron chi connectivity index (χ4n) is 2.47. The molecule has 130 valence electrons. The molecule has 0 atom stereocenters. The van der Waals surface area contributed by atoms with Gasteiger partial charge in [0.2, 0.25) is 5.91 Å². The Hall–Kier alpha value is -2.58. The van der Waals surface area contributed by atoms with Gasteiger partial charge in [-0.15, -0.1) is 0 Å². The molecule has 6 nitrogen and oxygen atoms in total. The lowest BCUT2D eigenvalue weighted by molar-refractivity contribution is -0.138. The lowest BCUT2D eigenvalue weighted by Gasteiger charge is -2.21. The van der Waals surface area contributed by atoms with Gasteiger partial charge in [0.25, 0.3) is 5.91 Å². The van der Waals surface area contributed by atoms with E-state index < -0.39 is 30.2 Å². The number of amides is 2. The number of carboxylic acids is 1. The van der Waals surface area contributed by atoms with Crippen LogP contribution in [0.5, 0.6) is 0 Å². The van der Waals surface area contributed by atoms with Crippen molar-refractivity contribution in [3.05, 3.63) is 29.3 Å². The molecule has 24 heavy (non-hydrogen) atoms. The summed E-state index contributed by atoms with van der Waals surface area (Å²) in [7, 11) is 1.18. The van der Waals surface area contributed by atoms with Crippen molar-refractivity contribution in [2.45, 2.75) is 19.0 Å². The third kappa shape index (κ3) is 3.84. The lowest BCUT2D eigenvalue weighted by Crippen LogP contribution is -2.32. The van der Waals surface area contributed by atoms with Crippen molar-refractivity contribution in [1.82, 2.24) is 4.90 Å². The molecule has 1 aromatic rings. The van der Waals surface area contributed by atoms with Crippen molar-refractivity contribution in [3.8, 4) is 0 Å². The number of nitrogens with zero attached hydrogens (tertiary/aromatic N) is 2. The second kappa shape index (κ2) is 6.50. The number of hydrogen-bond donors (Lipinski definition) is 1. The van der Waals surface area contributed by atoms with E-state index in [1.165, 1.54) is 18.0 Å². The summed E-state index contributed by atoms with van der Waals surface area (Å²) in [5.74, 6) is -2.46. The van der Waals surface area contributed by atoms with Gasteiger partial charge < -0.3 is 14.9 Å². The number of carboxylic acid groups (broad SMARTS) is 1. The summed E-state index contributed by atoms with van der Waals surface area (Å²) in [4.78, 5) is 36.6. The quantitative estimate of drug-likeness (QED) is 0.906. The zero-order valence-corrected chi connectivity index (χ0v) is 12.8. The van der Waals surface area contributed by atoms with E-state index in [9.17, 15) is 27.6 Å². The number of aliphatic carboxylic acids is 1. The van der Waals surface area contributed by atoms with Gasteiger partial charge >= 0.3 is 12.1 Å². The number of carbonyl (C=O) groups excluding carboxylic acids is 2. The largest absolute Gasteiger partial charge is 0.480 e. The summed E-state index contributed by atoms with van der Waals surface area (Å²) < 4.78 is 39.3. The van der Waals surface area contributed by atoms with E-state index in [0.717, 1.165) is 11.0 Å². The fourth-order valence-corrected chi connectivity index (χ4v) is 2.47. The highest BCUT2D eigenvalue weighted by atomic mass is 19.4. The van der Waals surface area contributed by atoms with Gasteiger partial charge in [0.05, 0.1) is 5.56 Å². The molecule has 1 aliphatic heterocycles. The van der Waals surface area contributed by atoms with Crippen LogP contribution in [-0.2, 0) is 15.8 Å². The molecule has 1 aliphatic rings. The van der Waals surface area contributed by atoms with Crippen LogP contribution in [0.25, 0.3) is 0 Å². The van der Waals surface area contributed by atoms with Crippen LogP contribution >= 0.6 is 0 Å². The zero-order valence-electron chi connectivity index (χ0n) is 12.8. The van der Waals surface area contributed by atoms with Crippen LogP contribution in [-0.4, -0.2) is 47.9 Å². The maximum atomic E-state index is 13.1. The predicted molar refractivity (Wildman–Crippen MR) is 77.6 cm³/mol. The number of carbonyl (C=O) groups is 3. The molecule has 1 fully saturated rings. The molecule has 0 spiro atoms. The third-order valence-electron chi connectivity index (χ3n) is 3.60. The molecule has 0 radical (unpaired) electrons. The highest BCUT2D eigenvalue weighted by Gasteiger charge is 2.34. The van der Waals surface area contributed by atoms with E-state index in [-0.39, 0.29) is 30.1 Å². The van der Waals surface area contributed by atoms with Crippen LogP contribution in [0.2, 0.25) is 0 Å². The summed E-state index contributed by atoms with van der Waals surface area (Å²) in [5.41, 5.74) is -1.39. The Morgan fingerprint density at radius 1 is 1.29 bits per heavy atom. The van der Waals surface area contributed by atoms with Crippen LogP contribution < -0.4 is 4.90 Å². The van der Waals surface area contributed by atoms with Gasteiger partial charge in [-0.3, -0.25) is 14.4 Å². The SMILES string of the molecule is CN(CC(=O)O)C(=O)c1cc(N2CCCC2=O)cc(C(F)(F)F)c1. The van der Waals surface area contributed by atoms with Gasteiger partial charge in [0.15, 0.2) is 0 Å². The van der Waals surface area contributed by atoms with Gasteiger partial charge in [-0.2, -0.15) is 13.2 Å². The van der Waals surface area contributed by atoms with Gasteiger partial charge in [-0.1, -0.05) is 0 Å². The predicted octanol–water partition coefficient (Wildman–Crippen LogP) is 1.99. The first-order chi connectivity index (χ1) is 11.1. The third-order valence-corrected chi connectivity index (χ3v) is 3.60. The van der Waals surface area contributed by atoms with Crippen LogP contribution in [0.4, 0.5) is 18.9 Å². The lowest BCUT2D eigenvalue weighted by atomic mass is 10.1. The molecular formula is C15H15F3N2O4. The number of anilines is 1.